The molecule has 1 amide bonds. The van der Waals surface area contributed by atoms with Gasteiger partial charge < -0.3 is 14.8 Å². The van der Waals surface area contributed by atoms with Gasteiger partial charge in [-0.3, -0.25) is 4.79 Å². The van der Waals surface area contributed by atoms with Crippen molar-refractivity contribution in [2.75, 3.05) is 13.7 Å². The molecule has 1 atom stereocenters. The lowest BCUT2D eigenvalue weighted by molar-refractivity contribution is -0.127. The monoisotopic (exact) mass is 450 g/mol. The highest BCUT2D eigenvalue weighted by molar-refractivity contribution is 7.09. The normalized spacial score (nSPS) is 11.7. The molecule has 0 aliphatic rings. The molecule has 29 heavy (non-hydrogen) atoms. The molecule has 0 aliphatic heterocycles. The number of benzene rings is 2. The summed E-state index contributed by atoms with van der Waals surface area (Å²) in [6.07, 6.45) is -0.0408. The van der Waals surface area contributed by atoms with Gasteiger partial charge in [0.2, 0.25) is 0 Å². The minimum Gasteiger partial charge on any atom is -0.497 e. The second-order valence-electron chi connectivity index (χ2n) is 6.23. The lowest BCUT2D eigenvalue weighted by Gasteiger charge is -2.15. The minimum absolute atomic E-state index is 0.219. The Morgan fingerprint density at radius 2 is 1.97 bits per heavy atom. The van der Waals surface area contributed by atoms with Crippen LogP contribution in [0.25, 0.3) is 11.3 Å². The second-order valence-corrected chi connectivity index (χ2v) is 8.02. The molecule has 1 N–H and O–H groups in total. The first-order valence-electron chi connectivity index (χ1n) is 8.94. The van der Waals surface area contributed by atoms with Crippen molar-refractivity contribution in [3.63, 3.8) is 0 Å². The number of carbonyl (C=O) groups excluding carboxylic acids is 1. The Hall–Kier alpha value is -2.28. The molecule has 1 unspecified atom stereocenters. The van der Waals surface area contributed by atoms with Gasteiger partial charge in [0.15, 0.2) is 6.10 Å². The number of hydrogen-bond donors (Lipinski definition) is 1. The number of methoxy groups -OCH3 is 1. The summed E-state index contributed by atoms with van der Waals surface area (Å²) in [6, 6.07) is 12.6. The molecule has 1 aromatic heterocycles. The van der Waals surface area contributed by atoms with Gasteiger partial charge in [0.25, 0.3) is 5.91 Å². The predicted molar refractivity (Wildman–Crippen MR) is 117 cm³/mol. The Labute approximate surface area is 183 Å². The predicted octanol–water partition coefficient (Wildman–Crippen LogP) is 5.25. The van der Waals surface area contributed by atoms with Crippen molar-refractivity contribution >= 4 is 40.4 Å². The third kappa shape index (κ3) is 5.85. The molecule has 0 saturated heterocycles. The van der Waals surface area contributed by atoms with E-state index in [0.29, 0.717) is 28.8 Å². The van der Waals surface area contributed by atoms with E-state index in [0.717, 1.165) is 22.0 Å². The van der Waals surface area contributed by atoms with Crippen LogP contribution in [0.4, 0.5) is 0 Å². The van der Waals surface area contributed by atoms with Gasteiger partial charge in [0.05, 0.1) is 22.8 Å². The first kappa shape index (κ1) is 21.4. The first-order valence-corrected chi connectivity index (χ1v) is 10.6. The molecule has 0 aliphatic carbocycles. The maximum absolute atomic E-state index is 12.3. The number of nitrogens with zero attached hydrogens (tertiary/aromatic N) is 1. The van der Waals surface area contributed by atoms with Crippen LogP contribution < -0.4 is 14.8 Å². The molecule has 3 rings (SSSR count). The van der Waals surface area contributed by atoms with Crippen LogP contribution in [0.15, 0.2) is 47.8 Å². The summed E-state index contributed by atoms with van der Waals surface area (Å²) in [5, 5.41) is 6.70. The molecule has 3 aromatic rings. The average Bonchev–Trinajstić information content (AvgIpc) is 3.19. The van der Waals surface area contributed by atoms with Crippen molar-refractivity contribution in [2.24, 2.45) is 0 Å². The maximum atomic E-state index is 12.3. The molecule has 1 heterocycles. The number of ether oxygens (including phenoxy) is 2. The number of aromatic nitrogens is 1. The van der Waals surface area contributed by atoms with Crippen LogP contribution >= 0.6 is 34.5 Å². The third-order valence-electron chi connectivity index (χ3n) is 4.14. The van der Waals surface area contributed by atoms with E-state index >= 15 is 0 Å². The summed E-state index contributed by atoms with van der Waals surface area (Å²) in [7, 11) is 1.64. The number of thiazole rings is 1. The van der Waals surface area contributed by atoms with E-state index in [-0.39, 0.29) is 5.91 Å². The Balaban J connectivity index is 1.49. The van der Waals surface area contributed by atoms with Crippen molar-refractivity contribution in [3.8, 4) is 22.8 Å². The fourth-order valence-corrected chi connectivity index (χ4v) is 3.83. The van der Waals surface area contributed by atoms with Gasteiger partial charge in [0.1, 0.15) is 11.5 Å². The Morgan fingerprint density at radius 1 is 1.21 bits per heavy atom. The van der Waals surface area contributed by atoms with Gasteiger partial charge in [-0.2, -0.15) is 0 Å². The molecule has 0 fully saturated rings. The third-order valence-corrected chi connectivity index (χ3v) is 5.58. The Bertz CT molecular complexity index is 976. The molecular weight excluding hydrogens is 431 g/mol. The van der Waals surface area contributed by atoms with E-state index in [9.17, 15) is 4.79 Å². The van der Waals surface area contributed by atoms with E-state index in [4.69, 9.17) is 32.7 Å². The lowest BCUT2D eigenvalue weighted by atomic mass is 10.2. The summed E-state index contributed by atoms with van der Waals surface area (Å²) in [5.41, 5.74) is 1.94. The fourth-order valence-electron chi connectivity index (χ4n) is 2.57. The standard InChI is InChI=1S/C21H20Cl2N2O3S/c1-13(28-19-8-5-15(22)11-17(19)23)21(26)24-10-9-20-25-18(12-29-20)14-3-6-16(27-2)7-4-14/h3-8,11-13H,9-10H2,1-2H3,(H,24,26). The number of amides is 1. The molecule has 0 radical (unpaired) electrons. The quantitative estimate of drug-likeness (QED) is 0.508. The van der Waals surface area contributed by atoms with E-state index in [1.165, 1.54) is 0 Å². The van der Waals surface area contributed by atoms with Gasteiger partial charge in [-0.15, -0.1) is 11.3 Å². The molecule has 8 heteroatoms. The molecule has 5 nitrogen and oxygen atoms in total. The SMILES string of the molecule is COc1ccc(-c2csc(CCNC(=O)C(C)Oc3ccc(Cl)cc3Cl)n2)cc1. The first-order chi connectivity index (χ1) is 14.0. The number of halogens is 2. The summed E-state index contributed by atoms with van der Waals surface area (Å²) in [6.45, 7) is 2.14. The van der Waals surface area contributed by atoms with Gasteiger partial charge >= 0.3 is 0 Å². The van der Waals surface area contributed by atoms with Crippen LogP contribution in [-0.4, -0.2) is 30.6 Å². The van der Waals surface area contributed by atoms with Crippen LogP contribution in [0.3, 0.4) is 0 Å². The Morgan fingerprint density at radius 3 is 2.66 bits per heavy atom. The zero-order valence-corrected chi connectivity index (χ0v) is 18.3. The van der Waals surface area contributed by atoms with Crippen LogP contribution in [0.2, 0.25) is 10.0 Å². The van der Waals surface area contributed by atoms with E-state index in [1.54, 1.807) is 43.6 Å². The Kier molecular flexibility index (Phi) is 7.36. The fraction of sp³-hybridized carbons (Fsp3) is 0.238. The topological polar surface area (TPSA) is 60.5 Å². The number of nitrogens with one attached hydrogen (secondary N) is 1. The highest BCUT2D eigenvalue weighted by Gasteiger charge is 2.16. The van der Waals surface area contributed by atoms with E-state index in [1.807, 2.05) is 29.6 Å². The molecular formula is C21H20Cl2N2O3S. The average molecular weight is 451 g/mol. The van der Waals surface area contributed by atoms with Crippen molar-refractivity contribution in [2.45, 2.75) is 19.4 Å². The summed E-state index contributed by atoms with van der Waals surface area (Å²) >= 11 is 13.5. The van der Waals surface area contributed by atoms with E-state index < -0.39 is 6.10 Å². The van der Waals surface area contributed by atoms with Crippen LogP contribution in [-0.2, 0) is 11.2 Å². The largest absolute Gasteiger partial charge is 0.497 e. The summed E-state index contributed by atoms with van der Waals surface area (Å²) in [4.78, 5) is 16.9. The summed E-state index contributed by atoms with van der Waals surface area (Å²) < 4.78 is 10.8. The molecule has 0 spiro atoms. The minimum atomic E-state index is -0.681. The highest BCUT2D eigenvalue weighted by atomic mass is 35.5. The van der Waals surface area contributed by atoms with Crippen molar-refractivity contribution in [3.05, 3.63) is 62.9 Å². The lowest BCUT2D eigenvalue weighted by Crippen LogP contribution is -2.37. The zero-order chi connectivity index (χ0) is 20.8. The second kappa shape index (κ2) is 9.96. The molecule has 2 aromatic carbocycles. The van der Waals surface area contributed by atoms with E-state index in [2.05, 4.69) is 10.3 Å². The van der Waals surface area contributed by atoms with Crippen LogP contribution in [0.1, 0.15) is 11.9 Å². The smallest absolute Gasteiger partial charge is 0.260 e. The maximum Gasteiger partial charge on any atom is 0.260 e. The van der Waals surface area contributed by atoms with Gasteiger partial charge in [-0.25, -0.2) is 4.98 Å². The van der Waals surface area contributed by atoms with Gasteiger partial charge in [-0.05, 0) is 49.4 Å². The number of carbonyl (C=O) groups is 1. The zero-order valence-electron chi connectivity index (χ0n) is 15.9. The highest BCUT2D eigenvalue weighted by Crippen LogP contribution is 2.28. The molecule has 152 valence electrons. The van der Waals surface area contributed by atoms with Crippen LogP contribution in [0.5, 0.6) is 11.5 Å². The van der Waals surface area contributed by atoms with Crippen LogP contribution in [0, 0.1) is 0 Å². The molecule has 0 saturated carbocycles. The summed E-state index contributed by atoms with van der Waals surface area (Å²) in [5.74, 6) is 1.01. The van der Waals surface area contributed by atoms with Gasteiger partial charge in [0, 0.05) is 28.9 Å². The number of rotatable bonds is 8. The number of hydrogen-bond acceptors (Lipinski definition) is 5. The molecule has 0 bridgehead atoms. The van der Waals surface area contributed by atoms with Crippen molar-refractivity contribution in [1.29, 1.82) is 0 Å². The van der Waals surface area contributed by atoms with Crippen molar-refractivity contribution < 1.29 is 14.3 Å². The van der Waals surface area contributed by atoms with Crippen molar-refractivity contribution in [1.82, 2.24) is 10.3 Å². The van der Waals surface area contributed by atoms with Gasteiger partial charge in [-0.1, -0.05) is 23.2 Å².